The average molecular weight is 292 g/mol. The molecule has 0 bridgehead atoms. The lowest BCUT2D eigenvalue weighted by Gasteiger charge is -2.13. The molecule has 0 heterocycles. The summed E-state index contributed by atoms with van der Waals surface area (Å²) < 4.78 is 18.8. The van der Waals surface area contributed by atoms with E-state index in [0.717, 1.165) is 5.75 Å². The van der Waals surface area contributed by atoms with Crippen molar-refractivity contribution in [2.24, 2.45) is 0 Å². The molecule has 1 unspecified atom stereocenters. The smallest absolute Gasteiger partial charge is 0.128 e. The maximum atomic E-state index is 13.2. The van der Waals surface area contributed by atoms with Crippen LogP contribution in [0.4, 0.5) is 4.39 Å². The highest BCUT2D eigenvalue weighted by atomic mass is 32.2. The number of rotatable bonds is 6. The highest BCUT2D eigenvalue weighted by Crippen LogP contribution is 2.26. The molecule has 2 nitrogen and oxygen atoms in total. The third-order valence-electron chi connectivity index (χ3n) is 2.78. The summed E-state index contributed by atoms with van der Waals surface area (Å²) in [5.41, 5.74) is 0.608. The molecule has 0 fully saturated rings. The van der Waals surface area contributed by atoms with Crippen molar-refractivity contribution in [1.29, 1.82) is 0 Å². The van der Waals surface area contributed by atoms with Crippen molar-refractivity contribution < 1.29 is 14.2 Å². The van der Waals surface area contributed by atoms with Crippen molar-refractivity contribution in [3.05, 3.63) is 59.9 Å². The number of aliphatic hydroxyl groups is 1. The number of hydrogen-bond acceptors (Lipinski definition) is 3. The number of halogens is 1. The van der Waals surface area contributed by atoms with Gasteiger partial charge in [0.2, 0.25) is 0 Å². The first-order valence-electron chi connectivity index (χ1n) is 6.45. The molecule has 0 aliphatic heterocycles. The van der Waals surface area contributed by atoms with Crippen LogP contribution in [0.15, 0.2) is 53.4 Å². The molecule has 0 aromatic heterocycles. The molecule has 2 rings (SSSR count). The Morgan fingerprint density at radius 3 is 2.65 bits per heavy atom. The van der Waals surface area contributed by atoms with Gasteiger partial charge in [0.25, 0.3) is 0 Å². The first-order valence-corrected chi connectivity index (χ1v) is 7.43. The average Bonchev–Trinajstić information content (AvgIpc) is 2.44. The molecule has 2 aromatic rings. The Balaban J connectivity index is 1.89. The predicted molar refractivity (Wildman–Crippen MR) is 79.7 cm³/mol. The van der Waals surface area contributed by atoms with Gasteiger partial charge in [0, 0.05) is 22.3 Å². The molecule has 0 spiro atoms. The van der Waals surface area contributed by atoms with Gasteiger partial charge in [-0.3, -0.25) is 0 Å². The van der Waals surface area contributed by atoms with E-state index in [-0.39, 0.29) is 5.82 Å². The molecule has 0 saturated heterocycles. The minimum absolute atomic E-state index is 0.361. The van der Waals surface area contributed by atoms with Gasteiger partial charge >= 0.3 is 0 Å². The maximum absolute atomic E-state index is 13.2. The lowest BCUT2D eigenvalue weighted by Crippen LogP contribution is -2.04. The SMILES string of the molecule is CC(O)c1ccc(F)cc1OCCSc1ccccc1. The van der Waals surface area contributed by atoms with Crippen molar-refractivity contribution in [2.45, 2.75) is 17.9 Å². The molecule has 0 saturated carbocycles. The Hall–Kier alpha value is -1.52. The molecular weight excluding hydrogens is 275 g/mol. The third-order valence-corrected chi connectivity index (χ3v) is 3.75. The number of thioether (sulfide) groups is 1. The van der Waals surface area contributed by atoms with Gasteiger partial charge in [0.15, 0.2) is 0 Å². The molecule has 1 N–H and O–H groups in total. The van der Waals surface area contributed by atoms with Crippen molar-refractivity contribution in [3.63, 3.8) is 0 Å². The van der Waals surface area contributed by atoms with E-state index < -0.39 is 6.10 Å². The van der Waals surface area contributed by atoms with Gasteiger partial charge in [-0.15, -0.1) is 11.8 Å². The van der Waals surface area contributed by atoms with Crippen LogP contribution in [0.3, 0.4) is 0 Å². The van der Waals surface area contributed by atoms with E-state index in [9.17, 15) is 9.50 Å². The molecule has 106 valence electrons. The minimum atomic E-state index is -0.674. The van der Waals surface area contributed by atoms with E-state index in [1.165, 1.54) is 17.0 Å². The second kappa shape index (κ2) is 7.31. The molecule has 0 aliphatic rings. The fraction of sp³-hybridized carbons (Fsp3) is 0.250. The van der Waals surface area contributed by atoms with Gasteiger partial charge in [0.1, 0.15) is 11.6 Å². The molecule has 0 amide bonds. The van der Waals surface area contributed by atoms with Crippen LogP contribution in [0.2, 0.25) is 0 Å². The first kappa shape index (κ1) is 14.9. The van der Waals surface area contributed by atoms with Gasteiger partial charge in [-0.25, -0.2) is 4.39 Å². The van der Waals surface area contributed by atoms with Crippen LogP contribution < -0.4 is 4.74 Å². The van der Waals surface area contributed by atoms with Gasteiger partial charge in [-0.05, 0) is 31.2 Å². The predicted octanol–water partition coefficient (Wildman–Crippen LogP) is 4.05. The summed E-state index contributed by atoms with van der Waals surface area (Å²) in [5, 5.41) is 9.62. The Kier molecular flexibility index (Phi) is 5.44. The largest absolute Gasteiger partial charge is 0.492 e. The van der Waals surface area contributed by atoms with Crippen LogP contribution in [0, 0.1) is 5.82 Å². The Bertz CT molecular complexity index is 543. The summed E-state index contributed by atoms with van der Waals surface area (Å²) in [4.78, 5) is 1.17. The monoisotopic (exact) mass is 292 g/mol. The second-order valence-electron chi connectivity index (χ2n) is 4.37. The summed E-state index contributed by atoms with van der Waals surface area (Å²) in [6.45, 7) is 2.10. The summed E-state index contributed by atoms with van der Waals surface area (Å²) in [6, 6.07) is 14.2. The van der Waals surface area contributed by atoms with E-state index >= 15 is 0 Å². The zero-order valence-corrected chi connectivity index (χ0v) is 12.1. The number of benzene rings is 2. The molecule has 20 heavy (non-hydrogen) atoms. The van der Waals surface area contributed by atoms with Gasteiger partial charge in [-0.1, -0.05) is 18.2 Å². The van der Waals surface area contributed by atoms with Crippen LogP contribution in [0.1, 0.15) is 18.6 Å². The summed E-state index contributed by atoms with van der Waals surface area (Å²) in [5.74, 6) is 0.813. The van der Waals surface area contributed by atoms with E-state index in [1.54, 1.807) is 24.8 Å². The standard InChI is InChI=1S/C16H17FO2S/c1-12(18)15-8-7-13(17)11-16(15)19-9-10-20-14-5-3-2-4-6-14/h2-8,11-12,18H,9-10H2,1H3. The topological polar surface area (TPSA) is 29.5 Å². The third kappa shape index (κ3) is 4.25. The summed E-state index contributed by atoms with van der Waals surface area (Å²) in [7, 11) is 0. The van der Waals surface area contributed by atoms with Crippen molar-refractivity contribution in [1.82, 2.24) is 0 Å². The van der Waals surface area contributed by atoms with Crippen molar-refractivity contribution >= 4 is 11.8 Å². The quantitative estimate of drug-likeness (QED) is 0.643. The van der Waals surface area contributed by atoms with E-state index in [2.05, 4.69) is 0 Å². The summed E-state index contributed by atoms with van der Waals surface area (Å²) in [6.07, 6.45) is -0.674. The number of ether oxygens (including phenoxy) is 1. The number of aliphatic hydroxyl groups excluding tert-OH is 1. The van der Waals surface area contributed by atoms with Gasteiger partial charge in [0.05, 0.1) is 12.7 Å². The molecule has 0 radical (unpaired) electrons. The van der Waals surface area contributed by atoms with Crippen LogP contribution >= 0.6 is 11.8 Å². The Labute approximate surface area is 122 Å². The first-order chi connectivity index (χ1) is 9.66. The van der Waals surface area contributed by atoms with Gasteiger partial charge < -0.3 is 9.84 Å². The van der Waals surface area contributed by atoms with Crippen LogP contribution in [-0.2, 0) is 0 Å². The van der Waals surface area contributed by atoms with Crippen LogP contribution in [-0.4, -0.2) is 17.5 Å². The highest BCUT2D eigenvalue weighted by Gasteiger charge is 2.10. The molecular formula is C16H17FO2S. The minimum Gasteiger partial charge on any atom is -0.492 e. The summed E-state index contributed by atoms with van der Waals surface area (Å²) >= 11 is 1.68. The number of hydrogen-bond donors (Lipinski definition) is 1. The van der Waals surface area contributed by atoms with E-state index in [0.29, 0.717) is 17.9 Å². The van der Waals surface area contributed by atoms with Crippen molar-refractivity contribution in [2.75, 3.05) is 12.4 Å². The molecule has 0 aliphatic carbocycles. The lowest BCUT2D eigenvalue weighted by molar-refractivity contribution is 0.192. The normalized spacial score (nSPS) is 12.2. The maximum Gasteiger partial charge on any atom is 0.128 e. The Morgan fingerprint density at radius 2 is 1.95 bits per heavy atom. The molecule has 4 heteroatoms. The van der Waals surface area contributed by atoms with E-state index in [4.69, 9.17) is 4.74 Å². The lowest BCUT2D eigenvalue weighted by atomic mass is 10.1. The van der Waals surface area contributed by atoms with Crippen LogP contribution in [0.5, 0.6) is 5.75 Å². The zero-order chi connectivity index (χ0) is 14.4. The van der Waals surface area contributed by atoms with E-state index in [1.807, 2.05) is 30.3 Å². The van der Waals surface area contributed by atoms with Crippen molar-refractivity contribution in [3.8, 4) is 5.75 Å². The fourth-order valence-electron chi connectivity index (χ4n) is 1.81. The highest BCUT2D eigenvalue weighted by molar-refractivity contribution is 7.99. The van der Waals surface area contributed by atoms with Crippen LogP contribution in [0.25, 0.3) is 0 Å². The fourth-order valence-corrected chi connectivity index (χ4v) is 2.56. The Morgan fingerprint density at radius 1 is 1.20 bits per heavy atom. The van der Waals surface area contributed by atoms with Gasteiger partial charge in [-0.2, -0.15) is 0 Å². The zero-order valence-electron chi connectivity index (χ0n) is 11.3. The molecule has 1 atom stereocenters. The second-order valence-corrected chi connectivity index (χ2v) is 5.54. The molecule has 2 aromatic carbocycles.